The van der Waals surface area contributed by atoms with Crippen LogP contribution in [0.3, 0.4) is 0 Å². The summed E-state index contributed by atoms with van der Waals surface area (Å²) < 4.78 is 5.30. The summed E-state index contributed by atoms with van der Waals surface area (Å²) in [5, 5.41) is 13.7. The first-order valence-electron chi connectivity index (χ1n) is 6.36. The van der Waals surface area contributed by atoms with E-state index in [-0.39, 0.29) is 0 Å². The first-order chi connectivity index (χ1) is 9.57. The zero-order valence-electron chi connectivity index (χ0n) is 11.3. The van der Waals surface area contributed by atoms with Crippen molar-refractivity contribution in [2.45, 2.75) is 12.5 Å². The minimum Gasteiger partial charge on any atom is -0.496 e. The zero-order valence-corrected chi connectivity index (χ0v) is 11.3. The Bertz CT molecular complexity index is 696. The predicted molar refractivity (Wildman–Crippen MR) is 75.8 cm³/mol. The average Bonchev–Trinajstić information content (AvgIpc) is 2.72. The van der Waals surface area contributed by atoms with Crippen molar-refractivity contribution in [2.75, 3.05) is 12.4 Å². The largest absolute Gasteiger partial charge is 0.496 e. The van der Waals surface area contributed by atoms with Gasteiger partial charge in [-0.15, -0.1) is 0 Å². The number of methoxy groups -OCH3 is 1. The van der Waals surface area contributed by atoms with E-state index in [1.807, 2.05) is 19.1 Å². The number of nitrogens with one attached hydrogen (secondary N) is 1. The molecule has 2 N–H and O–H groups in total. The molecule has 20 heavy (non-hydrogen) atoms. The molecular formula is C16H15NO3. The van der Waals surface area contributed by atoms with Gasteiger partial charge in [0.05, 0.1) is 7.11 Å². The Morgan fingerprint density at radius 2 is 1.90 bits per heavy atom. The molecule has 2 aromatic rings. The van der Waals surface area contributed by atoms with Crippen LogP contribution in [0.1, 0.15) is 16.7 Å². The summed E-state index contributed by atoms with van der Waals surface area (Å²) in [6, 6.07) is 12.6. The highest BCUT2D eigenvalue weighted by Crippen LogP contribution is 2.44. The molecule has 102 valence electrons. The highest BCUT2D eigenvalue weighted by atomic mass is 16.5. The Hall–Kier alpha value is -2.33. The predicted octanol–water partition coefficient (Wildman–Crippen LogP) is 2.19. The molecule has 4 heteroatoms. The van der Waals surface area contributed by atoms with Gasteiger partial charge in [0, 0.05) is 16.8 Å². The van der Waals surface area contributed by atoms with Gasteiger partial charge < -0.3 is 15.2 Å². The number of aryl methyl sites for hydroxylation is 1. The van der Waals surface area contributed by atoms with Crippen molar-refractivity contribution in [2.24, 2.45) is 0 Å². The molecule has 0 bridgehead atoms. The molecule has 1 unspecified atom stereocenters. The van der Waals surface area contributed by atoms with Gasteiger partial charge in [0.1, 0.15) is 5.75 Å². The molecule has 1 aliphatic heterocycles. The molecular weight excluding hydrogens is 254 g/mol. The van der Waals surface area contributed by atoms with E-state index in [2.05, 4.69) is 5.32 Å². The Morgan fingerprint density at radius 3 is 2.65 bits per heavy atom. The monoisotopic (exact) mass is 269 g/mol. The number of rotatable bonds is 2. The highest BCUT2D eigenvalue weighted by molar-refractivity contribution is 6.07. The number of amides is 1. The molecule has 0 saturated carbocycles. The van der Waals surface area contributed by atoms with Gasteiger partial charge in [-0.3, -0.25) is 4.79 Å². The third kappa shape index (κ3) is 1.62. The molecule has 1 amide bonds. The van der Waals surface area contributed by atoms with Gasteiger partial charge in [0.2, 0.25) is 0 Å². The normalized spacial score (nSPS) is 20.4. The van der Waals surface area contributed by atoms with Gasteiger partial charge >= 0.3 is 0 Å². The number of fused-ring (bicyclic) bond motifs is 1. The van der Waals surface area contributed by atoms with Crippen LogP contribution in [0.2, 0.25) is 0 Å². The Balaban J connectivity index is 2.28. The van der Waals surface area contributed by atoms with Crippen molar-refractivity contribution in [1.29, 1.82) is 0 Å². The quantitative estimate of drug-likeness (QED) is 0.878. The molecule has 1 aliphatic rings. The van der Waals surface area contributed by atoms with Crippen LogP contribution in [0, 0.1) is 6.92 Å². The third-order valence-electron chi connectivity index (χ3n) is 3.64. The Labute approximate surface area is 117 Å². The van der Waals surface area contributed by atoms with Crippen molar-refractivity contribution in [3.05, 3.63) is 59.2 Å². The van der Waals surface area contributed by atoms with Crippen molar-refractivity contribution < 1.29 is 14.6 Å². The van der Waals surface area contributed by atoms with E-state index in [1.54, 1.807) is 30.3 Å². The molecule has 0 saturated heterocycles. The van der Waals surface area contributed by atoms with Gasteiger partial charge in [-0.05, 0) is 25.1 Å². The van der Waals surface area contributed by atoms with E-state index < -0.39 is 11.5 Å². The van der Waals surface area contributed by atoms with Crippen molar-refractivity contribution in [1.82, 2.24) is 0 Å². The molecule has 0 aromatic heterocycles. The Morgan fingerprint density at radius 1 is 1.15 bits per heavy atom. The maximum Gasteiger partial charge on any atom is 0.266 e. The summed E-state index contributed by atoms with van der Waals surface area (Å²) in [6.07, 6.45) is 0. The molecule has 1 atom stereocenters. The maximum atomic E-state index is 12.3. The number of carbonyl (C=O) groups excluding carboxylic acids is 1. The number of anilines is 1. The molecule has 0 aliphatic carbocycles. The number of hydrogen-bond acceptors (Lipinski definition) is 3. The summed E-state index contributed by atoms with van der Waals surface area (Å²) in [7, 11) is 1.52. The number of para-hydroxylation sites is 1. The maximum absolute atomic E-state index is 12.3. The van der Waals surface area contributed by atoms with E-state index in [9.17, 15) is 9.90 Å². The molecule has 1 heterocycles. The van der Waals surface area contributed by atoms with Crippen LogP contribution < -0.4 is 10.1 Å². The molecule has 0 fully saturated rings. The lowest BCUT2D eigenvalue weighted by molar-refractivity contribution is -0.129. The van der Waals surface area contributed by atoms with Crippen LogP contribution in [-0.4, -0.2) is 18.1 Å². The number of carbonyl (C=O) groups is 1. The van der Waals surface area contributed by atoms with Crippen LogP contribution in [0.4, 0.5) is 5.69 Å². The minimum atomic E-state index is -1.71. The summed E-state index contributed by atoms with van der Waals surface area (Å²) in [4.78, 5) is 12.3. The zero-order chi connectivity index (χ0) is 14.3. The molecule has 0 spiro atoms. The summed E-state index contributed by atoms with van der Waals surface area (Å²) in [5.41, 5.74) is 0.875. The van der Waals surface area contributed by atoms with E-state index in [1.165, 1.54) is 7.11 Å². The molecule has 3 rings (SSSR count). The smallest absolute Gasteiger partial charge is 0.266 e. The second-order valence-corrected chi connectivity index (χ2v) is 4.91. The van der Waals surface area contributed by atoms with Gasteiger partial charge in [0.25, 0.3) is 5.91 Å². The van der Waals surface area contributed by atoms with Gasteiger partial charge in [0.15, 0.2) is 5.60 Å². The summed E-state index contributed by atoms with van der Waals surface area (Å²) in [5.74, 6) is 0.0348. The third-order valence-corrected chi connectivity index (χ3v) is 3.64. The second kappa shape index (κ2) is 4.35. The lowest BCUT2D eigenvalue weighted by Crippen LogP contribution is -2.35. The van der Waals surface area contributed by atoms with Crippen LogP contribution in [0.25, 0.3) is 0 Å². The topological polar surface area (TPSA) is 58.6 Å². The van der Waals surface area contributed by atoms with Gasteiger partial charge in [-0.25, -0.2) is 0 Å². The van der Waals surface area contributed by atoms with E-state index in [4.69, 9.17) is 4.74 Å². The fraction of sp³-hybridized carbons (Fsp3) is 0.188. The number of aliphatic hydroxyl groups is 1. The summed E-state index contributed by atoms with van der Waals surface area (Å²) in [6.45, 7) is 1.91. The number of hydrogen-bond donors (Lipinski definition) is 2. The lowest BCUT2D eigenvalue weighted by atomic mass is 9.86. The van der Waals surface area contributed by atoms with E-state index in [0.29, 0.717) is 22.6 Å². The van der Waals surface area contributed by atoms with Crippen molar-refractivity contribution in [3.8, 4) is 5.75 Å². The molecule has 0 radical (unpaired) electrons. The number of benzene rings is 2. The average molecular weight is 269 g/mol. The SMILES string of the molecule is COc1ccc(C)cc1C1(O)C(=O)Nc2ccccc21. The first-order valence-corrected chi connectivity index (χ1v) is 6.36. The lowest BCUT2D eigenvalue weighted by Gasteiger charge is -2.24. The van der Waals surface area contributed by atoms with E-state index >= 15 is 0 Å². The fourth-order valence-corrected chi connectivity index (χ4v) is 2.61. The van der Waals surface area contributed by atoms with Crippen molar-refractivity contribution in [3.63, 3.8) is 0 Å². The first kappa shape index (κ1) is 12.7. The molecule has 2 aromatic carbocycles. The summed E-state index contributed by atoms with van der Waals surface area (Å²) >= 11 is 0. The van der Waals surface area contributed by atoms with Crippen molar-refractivity contribution >= 4 is 11.6 Å². The highest BCUT2D eigenvalue weighted by Gasteiger charge is 2.48. The van der Waals surface area contributed by atoms with Gasteiger partial charge in [-0.1, -0.05) is 29.8 Å². The van der Waals surface area contributed by atoms with Crippen LogP contribution in [0.5, 0.6) is 5.75 Å². The molecule has 4 nitrogen and oxygen atoms in total. The standard InChI is InChI=1S/C16H15NO3/c1-10-7-8-14(20-2)12(9-10)16(19)11-5-3-4-6-13(11)17-15(16)18/h3-9,19H,1-2H3,(H,17,18). The van der Waals surface area contributed by atoms with Crippen LogP contribution >= 0.6 is 0 Å². The van der Waals surface area contributed by atoms with Crippen LogP contribution in [0.15, 0.2) is 42.5 Å². The van der Waals surface area contributed by atoms with Gasteiger partial charge in [-0.2, -0.15) is 0 Å². The Kier molecular flexibility index (Phi) is 2.76. The van der Waals surface area contributed by atoms with E-state index in [0.717, 1.165) is 5.56 Å². The van der Waals surface area contributed by atoms with Crippen LogP contribution in [-0.2, 0) is 10.4 Å². The fourth-order valence-electron chi connectivity index (χ4n) is 2.61. The minimum absolute atomic E-state index is 0.456. The second-order valence-electron chi connectivity index (χ2n) is 4.91. The number of ether oxygens (including phenoxy) is 1.